The molecule has 0 unspecified atom stereocenters. The molecule has 0 atom stereocenters. The van der Waals surface area contributed by atoms with Crippen molar-refractivity contribution < 1.29 is 4.84 Å². The molecule has 0 aliphatic heterocycles. The predicted octanol–water partition coefficient (Wildman–Crippen LogP) is 1.33. The fourth-order valence-electron chi connectivity index (χ4n) is 0.655. The van der Waals surface area contributed by atoms with Crippen LogP contribution in [-0.4, -0.2) is 12.6 Å². The highest BCUT2D eigenvalue weighted by molar-refractivity contribution is 4.73. The minimum Gasteiger partial charge on any atom is -0.299 e. The molecule has 0 spiro atoms. The molecular weight excluding hydrogens is 114 g/mol. The second-order valence-electron chi connectivity index (χ2n) is 2.96. The SMILES string of the molecule is CC(C)ONCC1CC1. The van der Waals surface area contributed by atoms with Crippen LogP contribution in [0.1, 0.15) is 26.7 Å². The van der Waals surface area contributed by atoms with Crippen molar-refractivity contribution in [2.75, 3.05) is 6.54 Å². The van der Waals surface area contributed by atoms with Gasteiger partial charge in [-0.1, -0.05) is 0 Å². The molecule has 0 saturated heterocycles. The van der Waals surface area contributed by atoms with Gasteiger partial charge < -0.3 is 0 Å². The smallest absolute Gasteiger partial charge is 0.0734 e. The topological polar surface area (TPSA) is 21.3 Å². The molecule has 1 saturated carbocycles. The van der Waals surface area contributed by atoms with Gasteiger partial charge in [0.05, 0.1) is 6.10 Å². The quantitative estimate of drug-likeness (QED) is 0.578. The summed E-state index contributed by atoms with van der Waals surface area (Å²) in [5.74, 6) is 0.906. The summed E-state index contributed by atoms with van der Waals surface area (Å²) in [5, 5.41) is 0. The van der Waals surface area contributed by atoms with Gasteiger partial charge in [-0.15, -0.1) is 0 Å². The van der Waals surface area contributed by atoms with Crippen LogP contribution in [0.3, 0.4) is 0 Å². The Morgan fingerprint density at radius 1 is 1.56 bits per heavy atom. The van der Waals surface area contributed by atoms with Gasteiger partial charge in [-0.2, -0.15) is 0 Å². The fourth-order valence-corrected chi connectivity index (χ4v) is 0.655. The highest BCUT2D eigenvalue weighted by Crippen LogP contribution is 2.27. The molecule has 0 aromatic rings. The molecule has 0 radical (unpaired) electrons. The molecule has 54 valence electrons. The molecule has 1 aliphatic rings. The zero-order valence-corrected chi connectivity index (χ0v) is 6.18. The van der Waals surface area contributed by atoms with Gasteiger partial charge >= 0.3 is 0 Å². The Kier molecular flexibility index (Phi) is 2.49. The lowest BCUT2D eigenvalue weighted by molar-refractivity contribution is -0.00671. The Labute approximate surface area is 56.5 Å². The third-order valence-electron chi connectivity index (χ3n) is 1.39. The Hall–Kier alpha value is -0.0800. The molecule has 9 heavy (non-hydrogen) atoms. The van der Waals surface area contributed by atoms with Crippen molar-refractivity contribution in [3.05, 3.63) is 0 Å². The number of hydrogen-bond acceptors (Lipinski definition) is 2. The van der Waals surface area contributed by atoms with Gasteiger partial charge in [0.25, 0.3) is 0 Å². The summed E-state index contributed by atoms with van der Waals surface area (Å²) in [6.07, 6.45) is 3.08. The van der Waals surface area contributed by atoms with Crippen LogP contribution >= 0.6 is 0 Å². The molecule has 0 aromatic heterocycles. The van der Waals surface area contributed by atoms with Crippen LogP contribution in [0.5, 0.6) is 0 Å². The molecule has 0 bridgehead atoms. The summed E-state index contributed by atoms with van der Waals surface area (Å²) in [4.78, 5) is 5.14. The maximum absolute atomic E-state index is 5.14. The lowest BCUT2D eigenvalue weighted by Gasteiger charge is -2.06. The molecule has 1 rings (SSSR count). The van der Waals surface area contributed by atoms with Gasteiger partial charge in [0.2, 0.25) is 0 Å². The lowest BCUT2D eigenvalue weighted by atomic mass is 10.4. The third-order valence-corrected chi connectivity index (χ3v) is 1.39. The normalized spacial score (nSPS) is 19.0. The first-order valence-corrected chi connectivity index (χ1v) is 3.67. The van der Waals surface area contributed by atoms with E-state index in [2.05, 4.69) is 5.48 Å². The van der Waals surface area contributed by atoms with Crippen LogP contribution in [0.4, 0.5) is 0 Å². The van der Waals surface area contributed by atoms with Gasteiger partial charge in [0.1, 0.15) is 0 Å². The first-order valence-electron chi connectivity index (χ1n) is 3.67. The largest absolute Gasteiger partial charge is 0.299 e. The minimum atomic E-state index is 0.309. The lowest BCUT2D eigenvalue weighted by Crippen LogP contribution is -2.21. The summed E-state index contributed by atoms with van der Waals surface area (Å²) in [5.41, 5.74) is 2.95. The van der Waals surface area contributed by atoms with Crippen LogP contribution in [0.2, 0.25) is 0 Å². The zero-order valence-electron chi connectivity index (χ0n) is 6.18. The van der Waals surface area contributed by atoms with E-state index in [9.17, 15) is 0 Å². The third kappa shape index (κ3) is 3.49. The Morgan fingerprint density at radius 2 is 2.22 bits per heavy atom. The second-order valence-corrected chi connectivity index (χ2v) is 2.96. The van der Waals surface area contributed by atoms with Crippen LogP contribution in [0, 0.1) is 5.92 Å². The summed E-state index contributed by atoms with van der Waals surface area (Å²) in [6.45, 7) is 5.10. The summed E-state index contributed by atoms with van der Waals surface area (Å²) in [7, 11) is 0. The molecule has 0 heterocycles. The van der Waals surface area contributed by atoms with E-state index in [4.69, 9.17) is 4.84 Å². The molecular formula is C7H15NO. The van der Waals surface area contributed by atoms with E-state index in [0.717, 1.165) is 12.5 Å². The number of nitrogens with one attached hydrogen (secondary N) is 1. The first-order chi connectivity index (χ1) is 4.29. The molecule has 2 heteroatoms. The maximum Gasteiger partial charge on any atom is 0.0734 e. The van der Waals surface area contributed by atoms with Gasteiger partial charge in [-0.3, -0.25) is 4.84 Å². The van der Waals surface area contributed by atoms with Crippen molar-refractivity contribution in [3.63, 3.8) is 0 Å². The van der Waals surface area contributed by atoms with Crippen molar-refractivity contribution in [3.8, 4) is 0 Å². The standard InChI is InChI=1S/C7H15NO/c1-6(2)9-8-5-7-3-4-7/h6-8H,3-5H2,1-2H3. The van der Waals surface area contributed by atoms with E-state index in [0.29, 0.717) is 6.10 Å². The molecule has 1 aliphatic carbocycles. The van der Waals surface area contributed by atoms with Crippen molar-refractivity contribution in [1.82, 2.24) is 5.48 Å². The van der Waals surface area contributed by atoms with Gasteiger partial charge in [-0.25, -0.2) is 5.48 Å². The Morgan fingerprint density at radius 3 is 2.67 bits per heavy atom. The number of hydroxylamine groups is 1. The Bertz CT molecular complexity index is 77.0. The molecule has 2 nitrogen and oxygen atoms in total. The second kappa shape index (κ2) is 3.18. The molecule has 0 aromatic carbocycles. The maximum atomic E-state index is 5.14. The van der Waals surface area contributed by atoms with E-state index in [1.54, 1.807) is 0 Å². The number of hydrogen-bond donors (Lipinski definition) is 1. The van der Waals surface area contributed by atoms with E-state index in [-0.39, 0.29) is 0 Å². The van der Waals surface area contributed by atoms with Gasteiger partial charge in [0, 0.05) is 6.54 Å². The average molecular weight is 129 g/mol. The minimum absolute atomic E-state index is 0.309. The highest BCUT2D eigenvalue weighted by Gasteiger charge is 2.20. The average Bonchev–Trinajstić information content (AvgIpc) is 2.48. The fraction of sp³-hybridized carbons (Fsp3) is 1.00. The van der Waals surface area contributed by atoms with Crippen molar-refractivity contribution in [1.29, 1.82) is 0 Å². The van der Waals surface area contributed by atoms with Crippen LogP contribution in [-0.2, 0) is 4.84 Å². The summed E-state index contributed by atoms with van der Waals surface area (Å²) >= 11 is 0. The molecule has 1 fully saturated rings. The predicted molar refractivity (Wildman–Crippen MR) is 36.9 cm³/mol. The summed E-state index contributed by atoms with van der Waals surface area (Å²) in [6, 6.07) is 0. The van der Waals surface area contributed by atoms with Crippen LogP contribution in [0.25, 0.3) is 0 Å². The van der Waals surface area contributed by atoms with Crippen molar-refractivity contribution in [2.24, 2.45) is 5.92 Å². The summed E-state index contributed by atoms with van der Waals surface area (Å²) < 4.78 is 0. The molecule has 0 amide bonds. The zero-order chi connectivity index (χ0) is 6.69. The van der Waals surface area contributed by atoms with Crippen LogP contribution < -0.4 is 5.48 Å². The first kappa shape index (κ1) is 7.03. The highest BCUT2D eigenvalue weighted by atomic mass is 16.7. The van der Waals surface area contributed by atoms with E-state index in [1.807, 2.05) is 13.8 Å². The van der Waals surface area contributed by atoms with Crippen molar-refractivity contribution >= 4 is 0 Å². The van der Waals surface area contributed by atoms with Gasteiger partial charge in [0.15, 0.2) is 0 Å². The molecule has 1 N–H and O–H groups in total. The monoisotopic (exact) mass is 129 g/mol. The Balaban J connectivity index is 1.81. The van der Waals surface area contributed by atoms with Crippen molar-refractivity contribution in [2.45, 2.75) is 32.8 Å². The van der Waals surface area contributed by atoms with E-state index < -0.39 is 0 Å². The van der Waals surface area contributed by atoms with E-state index in [1.165, 1.54) is 12.8 Å². The number of rotatable bonds is 4. The van der Waals surface area contributed by atoms with Crippen LogP contribution in [0.15, 0.2) is 0 Å². The van der Waals surface area contributed by atoms with Gasteiger partial charge in [-0.05, 0) is 32.6 Å². The van der Waals surface area contributed by atoms with E-state index >= 15 is 0 Å².